The van der Waals surface area contributed by atoms with Crippen molar-refractivity contribution in [2.24, 2.45) is 0 Å². The van der Waals surface area contributed by atoms with E-state index < -0.39 is 12.0 Å². The van der Waals surface area contributed by atoms with Gasteiger partial charge in [0.15, 0.2) is 0 Å². The summed E-state index contributed by atoms with van der Waals surface area (Å²) in [6.07, 6.45) is -0.271. The van der Waals surface area contributed by atoms with Gasteiger partial charge in [-0.2, -0.15) is 0 Å². The van der Waals surface area contributed by atoms with E-state index in [0.29, 0.717) is 6.54 Å². The van der Waals surface area contributed by atoms with Gasteiger partial charge < -0.3 is 9.73 Å². The average Bonchev–Trinajstić information content (AvgIpc) is 2.66. The van der Waals surface area contributed by atoms with E-state index in [0.717, 1.165) is 6.42 Å². The van der Waals surface area contributed by atoms with Crippen molar-refractivity contribution in [3.63, 3.8) is 0 Å². The predicted octanol–water partition coefficient (Wildman–Crippen LogP) is 2.76. The molecule has 0 radical (unpaired) electrons. The van der Waals surface area contributed by atoms with Crippen LogP contribution in [-0.2, 0) is 5.54 Å². The van der Waals surface area contributed by atoms with Crippen molar-refractivity contribution in [3.05, 3.63) is 24.2 Å². The molecule has 0 aromatic carbocycles. The molecule has 4 heteroatoms. The van der Waals surface area contributed by atoms with Crippen molar-refractivity contribution < 1.29 is 13.2 Å². The Balaban J connectivity index is 2.82. The van der Waals surface area contributed by atoms with Gasteiger partial charge >= 0.3 is 0 Å². The van der Waals surface area contributed by atoms with Crippen molar-refractivity contribution in [1.29, 1.82) is 0 Å². The molecule has 1 aromatic rings. The smallest absolute Gasteiger partial charge is 0.263 e. The minimum absolute atomic E-state index is 0.279. The van der Waals surface area contributed by atoms with Crippen LogP contribution in [-0.4, -0.2) is 13.0 Å². The quantitative estimate of drug-likeness (QED) is 0.796. The van der Waals surface area contributed by atoms with E-state index in [1.807, 2.05) is 6.92 Å². The third-order valence-corrected chi connectivity index (χ3v) is 2.21. The second-order valence-electron chi connectivity index (χ2n) is 3.41. The van der Waals surface area contributed by atoms with Crippen LogP contribution in [0.4, 0.5) is 8.78 Å². The van der Waals surface area contributed by atoms with Crippen LogP contribution < -0.4 is 5.32 Å². The average molecular weight is 203 g/mol. The maximum atomic E-state index is 12.8. The zero-order chi connectivity index (χ0) is 10.6. The van der Waals surface area contributed by atoms with Gasteiger partial charge in [-0.1, -0.05) is 6.92 Å². The third-order valence-electron chi connectivity index (χ3n) is 2.21. The summed E-state index contributed by atoms with van der Waals surface area (Å²) in [6, 6.07) is 3.18. The number of hydrogen-bond acceptors (Lipinski definition) is 2. The van der Waals surface area contributed by atoms with Gasteiger partial charge in [0.2, 0.25) is 0 Å². The van der Waals surface area contributed by atoms with Crippen molar-refractivity contribution in [1.82, 2.24) is 5.32 Å². The summed E-state index contributed by atoms with van der Waals surface area (Å²) in [4.78, 5) is 0. The highest BCUT2D eigenvalue weighted by atomic mass is 19.3. The van der Waals surface area contributed by atoms with Crippen LogP contribution in [0.25, 0.3) is 0 Å². The van der Waals surface area contributed by atoms with Gasteiger partial charge in [-0.3, -0.25) is 0 Å². The Morgan fingerprint density at radius 2 is 2.29 bits per heavy atom. The zero-order valence-corrected chi connectivity index (χ0v) is 8.39. The molecule has 0 bridgehead atoms. The topological polar surface area (TPSA) is 25.2 Å². The highest BCUT2D eigenvalue weighted by molar-refractivity contribution is 5.12. The van der Waals surface area contributed by atoms with E-state index >= 15 is 0 Å². The van der Waals surface area contributed by atoms with Crippen LogP contribution in [0.15, 0.2) is 22.8 Å². The maximum absolute atomic E-state index is 12.8. The third kappa shape index (κ3) is 2.12. The Morgan fingerprint density at radius 1 is 1.57 bits per heavy atom. The molecule has 0 aliphatic rings. The summed E-state index contributed by atoms with van der Waals surface area (Å²) in [7, 11) is 0. The monoisotopic (exact) mass is 203 g/mol. The summed E-state index contributed by atoms with van der Waals surface area (Å²) < 4.78 is 30.7. The largest absolute Gasteiger partial charge is 0.467 e. The molecule has 1 heterocycles. The molecule has 0 aliphatic heterocycles. The highest BCUT2D eigenvalue weighted by Crippen LogP contribution is 2.28. The number of halogens is 2. The number of nitrogens with one attached hydrogen (secondary N) is 1. The van der Waals surface area contributed by atoms with E-state index in [-0.39, 0.29) is 5.76 Å². The molecule has 1 rings (SSSR count). The predicted molar refractivity (Wildman–Crippen MR) is 50.4 cm³/mol. The van der Waals surface area contributed by atoms with Crippen LogP contribution >= 0.6 is 0 Å². The first-order valence-corrected chi connectivity index (χ1v) is 4.68. The van der Waals surface area contributed by atoms with Gasteiger partial charge in [-0.25, -0.2) is 8.78 Å². The van der Waals surface area contributed by atoms with Crippen LogP contribution in [0, 0.1) is 0 Å². The second-order valence-corrected chi connectivity index (χ2v) is 3.41. The molecule has 1 atom stereocenters. The van der Waals surface area contributed by atoms with E-state index in [9.17, 15) is 8.78 Å². The molecule has 1 unspecified atom stereocenters. The van der Waals surface area contributed by atoms with Gasteiger partial charge in [0.1, 0.15) is 11.3 Å². The molecular formula is C10H15F2NO. The van der Waals surface area contributed by atoms with Gasteiger partial charge in [0, 0.05) is 0 Å². The van der Waals surface area contributed by atoms with Crippen molar-refractivity contribution in [3.8, 4) is 0 Å². The summed E-state index contributed by atoms with van der Waals surface area (Å²) in [5.74, 6) is 0.279. The standard InChI is InChI=1S/C10H15F2NO/c1-3-6-13-10(2,9(11)12)8-5-4-7-14-8/h4-5,7,9,13H,3,6H2,1-2H3. The van der Waals surface area contributed by atoms with Crippen molar-refractivity contribution >= 4 is 0 Å². The van der Waals surface area contributed by atoms with Gasteiger partial charge in [-0.05, 0) is 32.0 Å². The lowest BCUT2D eigenvalue weighted by atomic mass is 9.99. The summed E-state index contributed by atoms with van der Waals surface area (Å²) in [5, 5.41) is 2.80. The maximum Gasteiger partial charge on any atom is 0.263 e. The van der Waals surface area contributed by atoms with Crippen molar-refractivity contribution in [2.75, 3.05) is 6.54 Å². The van der Waals surface area contributed by atoms with Crippen LogP contribution in [0.5, 0.6) is 0 Å². The molecule has 1 N–H and O–H groups in total. The summed E-state index contributed by atoms with van der Waals surface area (Å²) >= 11 is 0. The first-order chi connectivity index (χ1) is 6.61. The number of rotatable bonds is 5. The first kappa shape index (κ1) is 11.2. The molecule has 0 amide bonds. The summed E-state index contributed by atoms with van der Waals surface area (Å²) in [6.45, 7) is 3.93. The number of alkyl halides is 2. The van der Waals surface area contributed by atoms with E-state index in [1.54, 1.807) is 12.1 Å². The minimum Gasteiger partial charge on any atom is -0.467 e. The van der Waals surface area contributed by atoms with E-state index in [4.69, 9.17) is 4.42 Å². The van der Waals surface area contributed by atoms with E-state index in [2.05, 4.69) is 5.32 Å². The molecule has 80 valence electrons. The second kappa shape index (κ2) is 4.55. The van der Waals surface area contributed by atoms with Crippen LogP contribution in [0.3, 0.4) is 0 Å². The lowest BCUT2D eigenvalue weighted by molar-refractivity contribution is 0.0257. The Bertz CT molecular complexity index is 261. The van der Waals surface area contributed by atoms with Crippen LogP contribution in [0.2, 0.25) is 0 Å². The molecule has 0 spiro atoms. The molecule has 0 saturated heterocycles. The molecule has 0 fully saturated rings. The van der Waals surface area contributed by atoms with E-state index in [1.165, 1.54) is 13.2 Å². The highest BCUT2D eigenvalue weighted by Gasteiger charge is 2.38. The van der Waals surface area contributed by atoms with Gasteiger partial charge in [0.05, 0.1) is 6.26 Å². The Kier molecular flexibility index (Phi) is 3.63. The molecule has 2 nitrogen and oxygen atoms in total. The first-order valence-electron chi connectivity index (χ1n) is 4.68. The fourth-order valence-electron chi connectivity index (χ4n) is 1.23. The SMILES string of the molecule is CCCNC(C)(c1ccco1)C(F)F. The summed E-state index contributed by atoms with van der Waals surface area (Å²) in [5.41, 5.74) is -1.38. The fraction of sp³-hybridized carbons (Fsp3) is 0.600. The Morgan fingerprint density at radius 3 is 2.71 bits per heavy atom. The Labute approximate surface area is 82.3 Å². The zero-order valence-electron chi connectivity index (χ0n) is 8.39. The molecule has 14 heavy (non-hydrogen) atoms. The fourth-order valence-corrected chi connectivity index (χ4v) is 1.23. The normalized spacial score (nSPS) is 15.8. The molecule has 1 aromatic heterocycles. The lowest BCUT2D eigenvalue weighted by Gasteiger charge is -2.27. The molecular weight excluding hydrogens is 188 g/mol. The Hall–Kier alpha value is -0.900. The van der Waals surface area contributed by atoms with Crippen LogP contribution in [0.1, 0.15) is 26.0 Å². The molecule has 0 aliphatic carbocycles. The number of furan rings is 1. The lowest BCUT2D eigenvalue weighted by Crippen LogP contribution is -2.45. The minimum atomic E-state index is -2.49. The van der Waals surface area contributed by atoms with Gasteiger partial charge in [-0.15, -0.1) is 0 Å². The number of hydrogen-bond donors (Lipinski definition) is 1. The van der Waals surface area contributed by atoms with Crippen molar-refractivity contribution in [2.45, 2.75) is 32.2 Å². The molecule has 0 saturated carbocycles. The van der Waals surface area contributed by atoms with Gasteiger partial charge in [0.25, 0.3) is 6.43 Å².